The van der Waals surface area contributed by atoms with Gasteiger partial charge in [0.25, 0.3) is 0 Å². The van der Waals surface area contributed by atoms with Crippen molar-refractivity contribution in [2.45, 2.75) is 26.2 Å². The molecule has 2 bridgehead atoms. The molecule has 4 rings (SSSR count). The zero-order valence-electron chi connectivity index (χ0n) is 14.2. The van der Waals surface area contributed by atoms with Crippen molar-refractivity contribution in [3.63, 3.8) is 0 Å². The monoisotopic (exact) mass is 339 g/mol. The molecule has 0 spiro atoms. The SMILES string of the molecule is CCCCOC(=O)c1ccc(N2C(=O)[C@@H]3[C@@H](C2=O)[C@@H]2C=C[C@@H]3C2)cc1. The zero-order chi connectivity index (χ0) is 17.6. The molecule has 1 aromatic carbocycles. The van der Waals surface area contributed by atoms with E-state index < -0.39 is 0 Å². The Bertz CT molecular complexity index is 721. The second-order valence-corrected chi connectivity index (χ2v) is 7.05. The molecule has 0 radical (unpaired) electrons. The van der Waals surface area contributed by atoms with E-state index in [1.165, 1.54) is 4.90 Å². The van der Waals surface area contributed by atoms with Crippen LogP contribution in [0.1, 0.15) is 36.5 Å². The number of hydrogen-bond acceptors (Lipinski definition) is 4. The molecule has 3 aliphatic rings. The maximum Gasteiger partial charge on any atom is 0.338 e. The largest absolute Gasteiger partial charge is 0.462 e. The summed E-state index contributed by atoms with van der Waals surface area (Å²) in [5.41, 5.74) is 0.967. The maximum atomic E-state index is 12.8. The van der Waals surface area contributed by atoms with E-state index in [1.807, 2.05) is 6.92 Å². The van der Waals surface area contributed by atoms with E-state index in [1.54, 1.807) is 24.3 Å². The highest BCUT2D eigenvalue weighted by molar-refractivity contribution is 6.22. The predicted octanol–water partition coefficient (Wildman–Crippen LogP) is 2.96. The summed E-state index contributed by atoms with van der Waals surface area (Å²) in [5.74, 6) is -0.607. The molecule has 2 fully saturated rings. The number of imide groups is 1. The Kier molecular flexibility index (Phi) is 3.94. The first kappa shape index (κ1) is 16.1. The van der Waals surface area contributed by atoms with Crippen molar-refractivity contribution in [1.29, 1.82) is 0 Å². The predicted molar refractivity (Wildman–Crippen MR) is 91.8 cm³/mol. The number of amides is 2. The van der Waals surface area contributed by atoms with Crippen molar-refractivity contribution >= 4 is 23.5 Å². The van der Waals surface area contributed by atoms with E-state index in [4.69, 9.17) is 4.74 Å². The molecule has 1 heterocycles. The number of unbranched alkanes of at least 4 members (excludes halogenated alkanes) is 1. The Hall–Kier alpha value is -2.43. The van der Waals surface area contributed by atoms with Gasteiger partial charge >= 0.3 is 5.97 Å². The molecule has 1 saturated carbocycles. The number of carbonyl (C=O) groups excluding carboxylic acids is 3. The van der Waals surface area contributed by atoms with Crippen LogP contribution in [0.5, 0.6) is 0 Å². The van der Waals surface area contributed by atoms with E-state index in [2.05, 4.69) is 12.2 Å². The number of rotatable bonds is 5. The molecule has 1 aliphatic heterocycles. The maximum absolute atomic E-state index is 12.8. The lowest BCUT2D eigenvalue weighted by Crippen LogP contribution is -2.32. The third-order valence-corrected chi connectivity index (χ3v) is 5.56. The number of fused-ring (bicyclic) bond motifs is 5. The summed E-state index contributed by atoms with van der Waals surface area (Å²) in [5, 5.41) is 0. The standard InChI is InChI=1S/C20H21NO4/c1-2-3-10-25-20(24)12-6-8-15(9-7-12)21-18(22)16-13-4-5-14(11-13)17(16)19(21)23/h4-9,13-14,16-17H,2-3,10-11H2,1H3/t13-,14-,16+,17+/m1/s1. The molecule has 4 atom stereocenters. The van der Waals surface area contributed by atoms with Crippen LogP contribution in [0, 0.1) is 23.7 Å². The number of allylic oxidation sites excluding steroid dienone is 2. The molecule has 5 nitrogen and oxygen atoms in total. The van der Waals surface area contributed by atoms with Gasteiger partial charge in [-0.1, -0.05) is 25.5 Å². The van der Waals surface area contributed by atoms with Gasteiger partial charge in [-0.15, -0.1) is 0 Å². The number of ether oxygens (including phenoxy) is 1. The number of benzene rings is 1. The van der Waals surface area contributed by atoms with E-state index in [9.17, 15) is 14.4 Å². The van der Waals surface area contributed by atoms with Crippen LogP contribution < -0.4 is 4.90 Å². The number of esters is 1. The van der Waals surface area contributed by atoms with Gasteiger partial charge in [-0.3, -0.25) is 14.5 Å². The summed E-state index contributed by atoms with van der Waals surface area (Å²) in [4.78, 5) is 38.8. The van der Waals surface area contributed by atoms with Crippen LogP contribution in [0.4, 0.5) is 5.69 Å². The van der Waals surface area contributed by atoms with Gasteiger partial charge in [-0.05, 0) is 48.9 Å². The van der Waals surface area contributed by atoms with Gasteiger partial charge in [-0.25, -0.2) is 4.79 Å². The minimum absolute atomic E-state index is 0.106. The summed E-state index contributed by atoms with van der Waals surface area (Å²) in [6, 6.07) is 6.54. The molecule has 1 aromatic rings. The average molecular weight is 339 g/mol. The highest BCUT2D eigenvalue weighted by Crippen LogP contribution is 2.53. The van der Waals surface area contributed by atoms with Crippen molar-refractivity contribution in [2.24, 2.45) is 23.7 Å². The van der Waals surface area contributed by atoms with Crippen LogP contribution in [0.2, 0.25) is 0 Å². The molecule has 2 amide bonds. The normalized spacial score (nSPS) is 29.4. The van der Waals surface area contributed by atoms with Crippen molar-refractivity contribution in [3.05, 3.63) is 42.0 Å². The fraction of sp³-hybridized carbons (Fsp3) is 0.450. The lowest BCUT2D eigenvalue weighted by molar-refractivity contribution is -0.123. The van der Waals surface area contributed by atoms with Crippen LogP contribution in [0.25, 0.3) is 0 Å². The van der Waals surface area contributed by atoms with Gasteiger partial charge in [0.2, 0.25) is 11.8 Å². The Morgan fingerprint density at radius 3 is 2.24 bits per heavy atom. The number of carbonyl (C=O) groups is 3. The first-order valence-corrected chi connectivity index (χ1v) is 8.95. The Morgan fingerprint density at radius 2 is 1.68 bits per heavy atom. The third-order valence-electron chi connectivity index (χ3n) is 5.56. The van der Waals surface area contributed by atoms with E-state index in [0.29, 0.717) is 17.9 Å². The molecule has 0 unspecified atom stereocenters. The van der Waals surface area contributed by atoms with E-state index in [-0.39, 0.29) is 41.5 Å². The van der Waals surface area contributed by atoms with E-state index >= 15 is 0 Å². The summed E-state index contributed by atoms with van der Waals surface area (Å²) >= 11 is 0. The second kappa shape index (κ2) is 6.14. The van der Waals surface area contributed by atoms with Gasteiger partial charge in [0.1, 0.15) is 0 Å². The molecule has 2 aliphatic carbocycles. The van der Waals surface area contributed by atoms with Gasteiger partial charge in [0, 0.05) is 0 Å². The number of nitrogens with zero attached hydrogens (tertiary/aromatic N) is 1. The van der Waals surface area contributed by atoms with Gasteiger partial charge in [0.05, 0.1) is 29.7 Å². The van der Waals surface area contributed by atoms with Crippen LogP contribution in [-0.4, -0.2) is 24.4 Å². The molecule has 130 valence electrons. The number of hydrogen-bond donors (Lipinski definition) is 0. The van der Waals surface area contributed by atoms with Gasteiger partial charge < -0.3 is 4.74 Å². The molecule has 25 heavy (non-hydrogen) atoms. The van der Waals surface area contributed by atoms with Crippen molar-refractivity contribution in [3.8, 4) is 0 Å². The zero-order valence-corrected chi connectivity index (χ0v) is 14.2. The Morgan fingerprint density at radius 1 is 1.08 bits per heavy atom. The molecule has 0 N–H and O–H groups in total. The highest BCUT2D eigenvalue weighted by Gasteiger charge is 2.59. The van der Waals surface area contributed by atoms with E-state index in [0.717, 1.165) is 19.3 Å². The molecule has 1 saturated heterocycles. The third kappa shape index (κ3) is 2.49. The summed E-state index contributed by atoms with van der Waals surface area (Å²) in [7, 11) is 0. The Labute approximate surface area is 146 Å². The highest BCUT2D eigenvalue weighted by atomic mass is 16.5. The fourth-order valence-electron chi connectivity index (χ4n) is 4.30. The lowest BCUT2D eigenvalue weighted by atomic mass is 9.85. The molecular weight excluding hydrogens is 318 g/mol. The van der Waals surface area contributed by atoms with Gasteiger partial charge in [0.15, 0.2) is 0 Å². The van der Waals surface area contributed by atoms with Crippen LogP contribution in [0.3, 0.4) is 0 Å². The average Bonchev–Trinajstić information content (AvgIpc) is 3.29. The van der Waals surface area contributed by atoms with Crippen molar-refractivity contribution < 1.29 is 19.1 Å². The Balaban J connectivity index is 1.50. The van der Waals surface area contributed by atoms with Crippen LogP contribution in [0.15, 0.2) is 36.4 Å². The molecule has 0 aromatic heterocycles. The second-order valence-electron chi connectivity index (χ2n) is 7.05. The summed E-state index contributed by atoms with van der Waals surface area (Å²) < 4.78 is 5.18. The van der Waals surface area contributed by atoms with Crippen molar-refractivity contribution in [2.75, 3.05) is 11.5 Å². The van der Waals surface area contributed by atoms with Crippen LogP contribution >= 0.6 is 0 Å². The summed E-state index contributed by atoms with van der Waals surface area (Å²) in [6.45, 7) is 2.43. The van der Waals surface area contributed by atoms with Crippen LogP contribution in [-0.2, 0) is 14.3 Å². The van der Waals surface area contributed by atoms with Crippen molar-refractivity contribution in [1.82, 2.24) is 0 Å². The smallest absolute Gasteiger partial charge is 0.338 e. The minimum Gasteiger partial charge on any atom is -0.462 e. The first-order valence-electron chi connectivity index (χ1n) is 8.95. The summed E-state index contributed by atoms with van der Waals surface area (Å²) in [6.07, 6.45) is 6.87. The minimum atomic E-state index is -0.377. The topological polar surface area (TPSA) is 63.7 Å². The lowest BCUT2D eigenvalue weighted by Gasteiger charge is -2.17. The number of anilines is 1. The molecule has 5 heteroatoms. The molecular formula is C20H21NO4. The van der Waals surface area contributed by atoms with Gasteiger partial charge in [-0.2, -0.15) is 0 Å². The quantitative estimate of drug-likeness (QED) is 0.358. The first-order chi connectivity index (χ1) is 12.1. The fourth-order valence-corrected chi connectivity index (χ4v) is 4.30.